The molecule has 0 radical (unpaired) electrons. The van der Waals surface area contributed by atoms with E-state index >= 15 is 0 Å². The van der Waals surface area contributed by atoms with Gasteiger partial charge in [0.15, 0.2) is 5.16 Å². The molecule has 3 aromatic rings. The summed E-state index contributed by atoms with van der Waals surface area (Å²) in [6, 6.07) is 7.89. The van der Waals surface area contributed by atoms with Crippen LogP contribution in [0, 0.1) is 23.2 Å². The molecule has 4 nitrogen and oxygen atoms in total. The van der Waals surface area contributed by atoms with Gasteiger partial charge in [0.1, 0.15) is 10.8 Å². The summed E-state index contributed by atoms with van der Waals surface area (Å²) in [5, 5.41) is 14.0. The number of halogens is 1. The Balaban J connectivity index is 1.13. The van der Waals surface area contributed by atoms with Crippen molar-refractivity contribution in [2.75, 3.05) is 0 Å². The molecule has 4 aliphatic rings. The lowest BCUT2D eigenvalue weighted by atomic mass is 9.49. The minimum absolute atomic E-state index is 0.496. The quantitative estimate of drug-likeness (QED) is 0.378. The van der Waals surface area contributed by atoms with Crippen molar-refractivity contribution in [3.8, 4) is 10.6 Å². The molecule has 4 saturated carbocycles. The first kappa shape index (κ1) is 20.3. The fourth-order valence-corrected chi connectivity index (χ4v) is 8.80. The van der Waals surface area contributed by atoms with Crippen molar-refractivity contribution in [3.05, 3.63) is 46.2 Å². The third kappa shape index (κ3) is 3.85. The summed E-state index contributed by atoms with van der Waals surface area (Å²) < 4.78 is 2.23. The van der Waals surface area contributed by atoms with Gasteiger partial charge in [0.2, 0.25) is 0 Å². The lowest BCUT2D eigenvalue weighted by Gasteiger charge is -2.56. The average Bonchev–Trinajstić information content (AvgIpc) is 3.33. The van der Waals surface area contributed by atoms with Gasteiger partial charge in [-0.25, -0.2) is 4.98 Å². The number of hydrogen-bond acceptors (Lipinski definition) is 5. The maximum absolute atomic E-state index is 6.33. The standard InChI is InChI=1S/C24H27ClN4S2/c1-29-21(12-24-9-15-6-16(10-24)8-17(7-15)11-24)27-28-23(29)31-14-18-13-30-22(26-18)19-4-2-3-5-20(19)25/h2-5,13,15-17H,6-12,14H2,1H3. The number of thioether (sulfide) groups is 1. The van der Waals surface area contributed by atoms with Gasteiger partial charge in [-0.3, -0.25) is 0 Å². The first-order valence-corrected chi connectivity index (χ1v) is 13.5. The van der Waals surface area contributed by atoms with Crippen molar-refractivity contribution in [2.45, 2.75) is 55.9 Å². The van der Waals surface area contributed by atoms with E-state index in [1.54, 1.807) is 23.1 Å². The Morgan fingerprint density at radius 2 is 1.81 bits per heavy atom. The minimum atomic E-state index is 0.496. The summed E-state index contributed by atoms with van der Waals surface area (Å²) >= 11 is 9.71. The summed E-state index contributed by atoms with van der Waals surface area (Å²) in [5.74, 6) is 4.89. The van der Waals surface area contributed by atoms with Gasteiger partial charge in [-0.15, -0.1) is 21.5 Å². The zero-order chi connectivity index (χ0) is 21.0. The number of benzene rings is 1. The Hall–Kier alpha value is -1.37. The molecule has 0 atom stereocenters. The highest BCUT2D eigenvalue weighted by Gasteiger charge is 2.51. The molecule has 31 heavy (non-hydrogen) atoms. The molecule has 0 saturated heterocycles. The van der Waals surface area contributed by atoms with Crippen molar-refractivity contribution in [2.24, 2.45) is 30.2 Å². The fraction of sp³-hybridized carbons (Fsp3) is 0.542. The van der Waals surface area contributed by atoms with Crippen molar-refractivity contribution in [3.63, 3.8) is 0 Å². The highest BCUT2D eigenvalue weighted by molar-refractivity contribution is 7.98. The van der Waals surface area contributed by atoms with Crippen LogP contribution in [0.5, 0.6) is 0 Å². The van der Waals surface area contributed by atoms with E-state index in [1.165, 1.54) is 44.3 Å². The molecule has 7 heteroatoms. The van der Waals surface area contributed by atoms with E-state index in [9.17, 15) is 0 Å². The summed E-state index contributed by atoms with van der Waals surface area (Å²) in [6.45, 7) is 0. The molecular weight excluding hydrogens is 444 g/mol. The third-order valence-corrected chi connectivity index (χ3v) is 9.94. The highest BCUT2D eigenvalue weighted by Crippen LogP contribution is 2.61. The molecular formula is C24H27ClN4S2. The van der Waals surface area contributed by atoms with Crippen LogP contribution in [0.25, 0.3) is 10.6 Å². The van der Waals surface area contributed by atoms with E-state index in [4.69, 9.17) is 16.6 Å². The van der Waals surface area contributed by atoms with E-state index in [2.05, 4.69) is 27.2 Å². The Morgan fingerprint density at radius 1 is 1.10 bits per heavy atom. The Kier molecular flexibility index (Phi) is 5.15. The van der Waals surface area contributed by atoms with Crippen molar-refractivity contribution >= 4 is 34.7 Å². The van der Waals surface area contributed by atoms with Crippen LogP contribution in [0.15, 0.2) is 34.8 Å². The number of thiazole rings is 1. The summed E-state index contributed by atoms with van der Waals surface area (Å²) in [5.41, 5.74) is 2.56. The second kappa shape index (κ2) is 7.89. The van der Waals surface area contributed by atoms with E-state index in [0.717, 1.165) is 56.4 Å². The third-order valence-electron chi connectivity index (χ3n) is 7.63. The average molecular weight is 471 g/mol. The van der Waals surface area contributed by atoms with Crippen LogP contribution >= 0.6 is 34.7 Å². The van der Waals surface area contributed by atoms with Crippen LogP contribution in [-0.4, -0.2) is 19.7 Å². The maximum Gasteiger partial charge on any atom is 0.191 e. The van der Waals surface area contributed by atoms with Gasteiger partial charge in [-0.05, 0) is 67.8 Å². The fourth-order valence-electron chi connectivity index (χ4n) is 6.74. The molecule has 1 aromatic carbocycles. The molecule has 7 rings (SSSR count). The van der Waals surface area contributed by atoms with Crippen LogP contribution in [0.2, 0.25) is 5.02 Å². The van der Waals surface area contributed by atoms with Crippen LogP contribution < -0.4 is 0 Å². The lowest BCUT2D eigenvalue weighted by molar-refractivity contribution is -0.0535. The Bertz CT molecular complexity index is 1070. The first-order valence-electron chi connectivity index (χ1n) is 11.3. The molecule has 0 aliphatic heterocycles. The largest absolute Gasteiger partial charge is 0.309 e. The van der Waals surface area contributed by atoms with Gasteiger partial charge >= 0.3 is 0 Å². The molecule has 162 valence electrons. The van der Waals surface area contributed by atoms with E-state index in [0.29, 0.717) is 5.41 Å². The number of nitrogens with zero attached hydrogens (tertiary/aromatic N) is 4. The van der Waals surface area contributed by atoms with Crippen molar-refractivity contribution in [1.82, 2.24) is 19.7 Å². The van der Waals surface area contributed by atoms with Crippen LogP contribution in [0.1, 0.15) is 50.0 Å². The number of hydrogen-bond donors (Lipinski definition) is 0. The number of aromatic nitrogens is 4. The second-order valence-corrected chi connectivity index (χ2v) is 12.2. The zero-order valence-electron chi connectivity index (χ0n) is 17.8. The summed E-state index contributed by atoms with van der Waals surface area (Å²) in [4.78, 5) is 4.80. The molecule has 0 spiro atoms. The van der Waals surface area contributed by atoms with Crippen molar-refractivity contribution < 1.29 is 0 Å². The molecule has 4 bridgehead atoms. The van der Waals surface area contributed by atoms with E-state index in [-0.39, 0.29) is 0 Å². The Morgan fingerprint density at radius 3 is 2.52 bits per heavy atom. The predicted molar refractivity (Wildman–Crippen MR) is 127 cm³/mol. The minimum Gasteiger partial charge on any atom is -0.309 e. The van der Waals surface area contributed by atoms with Crippen LogP contribution in [-0.2, 0) is 19.2 Å². The van der Waals surface area contributed by atoms with E-state index in [1.807, 2.05) is 24.3 Å². The predicted octanol–water partition coefficient (Wildman–Crippen LogP) is 6.64. The molecule has 2 aromatic heterocycles. The van der Waals surface area contributed by atoms with Gasteiger partial charge in [-0.2, -0.15) is 0 Å². The van der Waals surface area contributed by atoms with Crippen molar-refractivity contribution in [1.29, 1.82) is 0 Å². The topological polar surface area (TPSA) is 43.6 Å². The number of rotatable bonds is 6. The molecule has 0 unspecified atom stereocenters. The summed E-state index contributed by atoms with van der Waals surface area (Å²) in [7, 11) is 2.13. The van der Waals surface area contributed by atoms with Gasteiger partial charge in [0, 0.05) is 30.2 Å². The molecule has 0 N–H and O–H groups in total. The summed E-state index contributed by atoms with van der Waals surface area (Å²) in [6.07, 6.45) is 9.82. The lowest BCUT2D eigenvalue weighted by Crippen LogP contribution is -2.47. The maximum atomic E-state index is 6.33. The van der Waals surface area contributed by atoms with E-state index < -0.39 is 0 Å². The van der Waals surface area contributed by atoms with Gasteiger partial charge in [0.05, 0.1) is 10.7 Å². The SMILES string of the molecule is Cn1c(CC23CC4CC(CC(C4)C2)C3)nnc1SCc1csc(-c2ccccc2Cl)n1. The van der Waals surface area contributed by atoms with Gasteiger partial charge in [-0.1, -0.05) is 41.6 Å². The smallest absolute Gasteiger partial charge is 0.191 e. The van der Waals surface area contributed by atoms with Gasteiger partial charge in [0.25, 0.3) is 0 Å². The molecule has 0 amide bonds. The Labute approximate surface area is 196 Å². The monoisotopic (exact) mass is 470 g/mol. The van der Waals surface area contributed by atoms with Crippen LogP contribution in [0.4, 0.5) is 0 Å². The zero-order valence-corrected chi connectivity index (χ0v) is 20.1. The second-order valence-electron chi connectivity index (χ2n) is 9.96. The van der Waals surface area contributed by atoms with Gasteiger partial charge < -0.3 is 4.57 Å². The molecule has 2 heterocycles. The normalized spacial score (nSPS) is 29.0. The molecule has 4 aliphatic carbocycles. The van der Waals surface area contributed by atoms with Crippen LogP contribution in [0.3, 0.4) is 0 Å². The molecule has 4 fully saturated rings. The first-order chi connectivity index (χ1) is 15.1. The highest BCUT2D eigenvalue weighted by atomic mass is 35.5.